The molecule has 2 aliphatic rings. The van der Waals surface area contributed by atoms with Crippen molar-refractivity contribution < 1.29 is 22.4 Å². The van der Waals surface area contributed by atoms with Crippen molar-refractivity contribution in [3.05, 3.63) is 47.7 Å². The second-order valence-corrected chi connectivity index (χ2v) is 9.72. The molecule has 4 heterocycles. The van der Waals surface area contributed by atoms with Crippen molar-refractivity contribution in [1.82, 2.24) is 19.1 Å². The first kappa shape index (κ1) is 21.5. The number of carbonyl (C=O) groups excluding carboxylic acids is 2. The summed E-state index contributed by atoms with van der Waals surface area (Å²) in [6, 6.07) is 6.79. The summed E-state index contributed by atoms with van der Waals surface area (Å²) in [6.07, 6.45) is 3.56. The maximum atomic E-state index is 12.9. The van der Waals surface area contributed by atoms with E-state index in [9.17, 15) is 18.0 Å². The van der Waals surface area contributed by atoms with Gasteiger partial charge in [0.1, 0.15) is 10.7 Å². The number of piperazine rings is 1. The molecule has 2 amide bonds. The van der Waals surface area contributed by atoms with Crippen LogP contribution in [0, 0.1) is 6.92 Å². The zero-order chi connectivity index (χ0) is 22.0. The van der Waals surface area contributed by atoms with Gasteiger partial charge in [0.15, 0.2) is 5.76 Å². The van der Waals surface area contributed by atoms with Crippen LogP contribution < -0.4 is 0 Å². The van der Waals surface area contributed by atoms with Gasteiger partial charge in [0.05, 0.1) is 6.42 Å². The molecule has 2 aliphatic heterocycles. The minimum atomic E-state index is -3.65. The van der Waals surface area contributed by atoms with Gasteiger partial charge in [0.2, 0.25) is 15.9 Å². The summed E-state index contributed by atoms with van der Waals surface area (Å²) in [5.74, 6) is -0.149. The van der Waals surface area contributed by atoms with E-state index in [1.165, 1.54) is 10.4 Å². The van der Waals surface area contributed by atoms with Gasteiger partial charge in [-0.25, -0.2) is 8.42 Å². The number of aromatic nitrogens is 1. The number of rotatable bonds is 5. The van der Waals surface area contributed by atoms with E-state index in [0.717, 1.165) is 12.8 Å². The van der Waals surface area contributed by atoms with Gasteiger partial charge in [0.25, 0.3) is 5.91 Å². The Labute approximate surface area is 181 Å². The van der Waals surface area contributed by atoms with Gasteiger partial charge in [0, 0.05) is 57.2 Å². The van der Waals surface area contributed by atoms with E-state index in [1.807, 2.05) is 12.1 Å². The highest BCUT2D eigenvalue weighted by Crippen LogP contribution is 2.27. The van der Waals surface area contributed by atoms with E-state index in [2.05, 4.69) is 4.98 Å². The van der Waals surface area contributed by atoms with Gasteiger partial charge in [-0.1, -0.05) is 6.07 Å². The van der Waals surface area contributed by atoms with E-state index in [-0.39, 0.29) is 34.7 Å². The quantitative estimate of drug-likeness (QED) is 0.686. The molecule has 0 aliphatic carbocycles. The summed E-state index contributed by atoms with van der Waals surface area (Å²) in [7, 11) is -3.65. The molecule has 0 unspecified atom stereocenters. The van der Waals surface area contributed by atoms with Gasteiger partial charge >= 0.3 is 0 Å². The highest BCUT2D eigenvalue weighted by atomic mass is 32.2. The number of hydrogen-bond donors (Lipinski definition) is 0. The molecule has 0 saturated carbocycles. The third-order valence-corrected chi connectivity index (χ3v) is 7.75. The number of furan rings is 1. The number of nitrogens with zero attached hydrogens (tertiary/aromatic N) is 4. The van der Waals surface area contributed by atoms with Crippen molar-refractivity contribution in [3.63, 3.8) is 0 Å². The lowest BCUT2D eigenvalue weighted by atomic mass is 10.2. The van der Waals surface area contributed by atoms with Gasteiger partial charge in [-0.15, -0.1) is 0 Å². The molecule has 166 valence electrons. The van der Waals surface area contributed by atoms with Gasteiger partial charge in [-0.3, -0.25) is 14.6 Å². The topological polar surface area (TPSA) is 104 Å². The molecular formula is C21H26N4O5S. The summed E-state index contributed by atoms with van der Waals surface area (Å²) in [4.78, 5) is 32.9. The molecule has 2 fully saturated rings. The van der Waals surface area contributed by atoms with Crippen LogP contribution in [0.3, 0.4) is 0 Å². The number of aryl methyl sites for hydroxylation is 1. The summed E-state index contributed by atoms with van der Waals surface area (Å²) in [6.45, 7) is 4.09. The minimum Gasteiger partial charge on any atom is -0.455 e. The third kappa shape index (κ3) is 4.49. The first-order valence-corrected chi connectivity index (χ1v) is 11.9. The summed E-state index contributed by atoms with van der Waals surface area (Å²) in [5, 5.41) is 0. The lowest BCUT2D eigenvalue weighted by Gasteiger charge is -2.34. The van der Waals surface area contributed by atoms with Crippen LogP contribution in [-0.2, 0) is 21.2 Å². The Bertz CT molecular complexity index is 1050. The standard InChI is InChI=1S/C21H26N4O5S/c1-16-19(31(28,29)25-8-4-5-9-25)15-18(30-16)21(27)24-12-10-23(11-13-24)20(26)14-17-6-2-3-7-22-17/h2-3,6-7,15H,4-5,8-14H2,1H3. The fourth-order valence-corrected chi connectivity index (χ4v) is 5.66. The van der Waals surface area contributed by atoms with Crippen molar-refractivity contribution in [1.29, 1.82) is 0 Å². The highest BCUT2D eigenvalue weighted by molar-refractivity contribution is 7.89. The van der Waals surface area contributed by atoms with E-state index < -0.39 is 10.0 Å². The predicted molar refractivity (Wildman–Crippen MR) is 112 cm³/mol. The minimum absolute atomic E-state index is 0.0172. The van der Waals surface area contributed by atoms with Crippen LogP contribution in [0.1, 0.15) is 34.9 Å². The molecule has 2 saturated heterocycles. The largest absolute Gasteiger partial charge is 0.455 e. The zero-order valence-corrected chi connectivity index (χ0v) is 18.3. The summed E-state index contributed by atoms with van der Waals surface area (Å²) in [5.41, 5.74) is 0.712. The highest BCUT2D eigenvalue weighted by Gasteiger charge is 2.33. The molecule has 0 spiro atoms. The molecule has 0 bridgehead atoms. The van der Waals surface area contributed by atoms with Crippen LogP contribution in [-0.4, -0.2) is 78.6 Å². The number of carbonyl (C=O) groups is 2. The van der Waals surface area contributed by atoms with Gasteiger partial charge in [-0.2, -0.15) is 4.31 Å². The maximum Gasteiger partial charge on any atom is 0.289 e. The van der Waals surface area contributed by atoms with Crippen molar-refractivity contribution >= 4 is 21.8 Å². The monoisotopic (exact) mass is 446 g/mol. The van der Waals surface area contributed by atoms with Crippen molar-refractivity contribution in [3.8, 4) is 0 Å². The van der Waals surface area contributed by atoms with Crippen LogP contribution in [0.4, 0.5) is 0 Å². The number of sulfonamides is 1. The van der Waals surface area contributed by atoms with E-state index >= 15 is 0 Å². The van der Waals surface area contributed by atoms with Crippen LogP contribution >= 0.6 is 0 Å². The Morgan fingerprint density at radius 1 is 1.03 bits per heavy atom. The molecule has 0 N–H and O–H groups in total. The zero-order valence-electron chi connectivity index (χ0n) is 17.5. The summed E-state index contributed by atoms with van der Waals surface area (Å²) < 4.78 is 32.6. The predicted octanol–water partition coefficient (Wildman–Crippen LogP) is 1.29. The van der Waals surface area contributed by atoms with Gasteiger partial charge in [-0.05, 0) is 31.9 Å². The molecular weight excluding hydrogens is 420 g/mol. The normalized spacial score (nSPS) is 17.8. The molecule has 0 atom stereocenters. The number of amides is 2. The van der Waals surface area contributed by atoms with E-state index in [1.54, 1.807) is 29.0 Å². The van der Waals surface area contributed by atoms with Crippen LogP contribution in [0.2, 0.25) is 0 Å². The molecule has 2 aromatic rings. The Kier molecular flexibility index (Phi) is 6.10. The Morgan fingerprint density at radius 2 is 1.71 bits per heavy atom. The SMILES string of the molecule is Cc1oc(C(=O)N2CCN(C(=O)Cc3ccccn3)CC2)cc1S(=O)(=O)N1CCCC1. The lowest BCUT2D eigenvalue weighted by molar-refractivity contribution is -0.132. The maximum absolute atomic E-state index is 12.9. The van der Waals surface area contributed by atoms with Crippen LogP contribution in [0.5, 0.6) is 0 Å². The fraction of sp³-hybridized carbons (Fsp3) is 0.476. The Balaban J connectivity index is 1.38. The second kappa shape index (κ2) is 8.80. The molecule has 0 aromatic carbocycles. The second-order valence-electron chi connectivity index (χ2n) is 7.81. The summed E-state index contributed by atoms with van der Waals surface area (Å²) >= 11 is 0. The van der Waals surface area contributed by atoms with E-state index in [0.29, 0.717) is 45.0 Å². The Morgan fingerprint density at radius 3 is 2.35 bits per heavy atom. The third-order valence-electron chi connectivity index (χ3n) is 5.74. The van der Waals surface area contributed by atoms with Crippen molar-refractivity contribution in [2.24, 2.45) is 0 Å². The average molecular weight is 447 g/mol. The van der Waals surface area contributed by atoms with Crippen LogP contribution in [0.15, 0.2) is 39.8 Å². The average Bonchev–Trinajstić information content (AvgIpc) is 3.45. The van der Waals surface area contributed by atoms with E-state index in [4.69, 9.17) is 4.42 Å². The van der Waals surface area contributed by atoms with Crippen molar-refractivity contribution in [2.75, 3.05) is 39.3 Å². The lowest BCUT2D eigenvalue weighted by Crippen LogP contribution is -2.51. The molecule has 2 aromatic heterocycles. The molecule has 10 heteroatoms. The van der Waals surface area contributed by atoms with Crippen LogP contribution in [0.25, 0.3) is 0 Å². The molecule has 9 nitrogen and oxygen atoms in total. The fourth-order valence-electron chi connectivity index (χ4n) is 3.98. The first-order valence-electron chi connectivity index (χ1n) is 10.4. The molecule has 31 heavy (non-hydrogen) atoms. The Hall–Kier alpha value is -2.72. The van der Waals surface area contributed by atoms with Crippen molar-refractivity contribution in [2.45, 2.75) is 31.1 Å². The number of hydrogen-bond acceptors (Lipinski definition) is 6. The van der Waals surface area contributed by atoms with Gasteiger partial charge < -0.3 is 14.2 Å². The smallest absolute Gasteiger partial charge is 0.289 e. The molecule has 4 rings (SSSR count). The molecule has 0 radical (unpaired) electrons. The number of pyridine rings is 1. The first-order chi connectivity index (χ1) is 14.9.